The molecule has 8 nitrogen and oxygen atoms in total. The van der Waals surface area contributed by atoms with Gasteiger partial charge < -0.3 is 20.1 Å². The lowest BCUT2D eigenvalue weighted by Crippen LogP contribution is -2.49. The van der Waals surface area contributed by atoms with E-state index >= 15 is 0 Å². The molecule has 9 heteroatoms. The molecule has 3 aromatic heterocycles. The van der Waals surface area contributed by atoms with Gasteiger partial charge in [-0.1, -0.05) is 12.8 Å². The molecule has 1 saturated carbocycles. The van der Waals surface area contributed by atoms with Crippen LogP contribution in [-0.4, -0.2) is 57.8 Å². The smallest absolute Gasteiger partial charge is 0.257 e. The van der Waals surface area contributed by atoms with Crippen molar-refractivity contribution in [2.24, 2.45) is 5.92 Å². The number of pyridine rings is 2. The molecule has 1 aliphatic carbocycles. The quantitative estimate of drug-likeness (QED) is 0.512. The van der Waals surface area contributed by atoms with Crippen molar-refractivity contribution >= 4 is 50.2 Å². The molecule has 2 amide bonds. The fraction of sp³-hybridized carbons (Fsp3) is 0.440. The first-order chi connectivity index (χ1) is 16.5. The van der Waals surface area contributed by atoms with Gasteiger partial charge in [-0.2, -0.15) is 0 Å². The number of anilines is 2. The minimum Gasteiger partial charge on any atom is -0.366 e. The number of carbonyl (C=O) groups excluding carboxylic acids is 2. The average molecular weight is 525 g/mol. The number of piperazine rings is 1. The van der Waals surface area contributed by atoms with Gasteiger partial charge in [-0.15, -0.1) is 0 Å². The maximum Gasteiger partial charge on any atom is 0.257 e. The zero-order valence-corrected chi connectivity index (χ0v) is 20.9. The minimum atomic E-state index is -0.217. The summed E-state index contributed by atoms with van der Waals surface area (Å²) in [5, 5.41) is 3.88. The maximum absolute atomic E-state index is 12.9. The molecular formula is C25H29BrN6O2. The average Bonchev–Trinajstić information content (AvgIpc) is 3.49. The van der Waals surface area contributed by atoms with Crippen LogP contribution in [0.15, 0.2) is 35.3 Å². The lowest BCUT2D eigenvalue weighted by Gasteiger charge is -2.37. The Balaban J connectivity index is 1.34. The highest BCUT2D eigenvalue weighted by Crippen LogP contribution is 2.38. The number of hydrogen-bond donors (Lipinski definition) is 2. The van der Waals surface area contributed by atoms with Gasteiger partial charge >= 0.3 is 0 Å². The van der Waals surface area contributed by atoms with Crippen LogP contribution in [-0.2, 0) is 4.79 Å². The van der Waals surface area contributed by atoms with Gasteiger partial charge in [0.15, 0.2) is 0 Å². The van der Waals surface area contributed by atoms with E-state index in [1.165, 1.54) is 25.7 Å². The maximum atomic E-state index is 12.9. The fourth-order valence-electron chi connectivity index (χ4n) is 5.11. The predicted octanol–water partition coefficient (Wildman–Crippen LogP) is 4.51. The lowest BCUT2D eigenvalue weighted by atomic mass is 10.0. The van der Waals surface area contributed by atoms with E-state index in [9.17, 15) is 9.59 Å². The zero-order valence-electron chi connectivity index (χ0n) is 19.3. The SMILES string of the molecule is Cc1cncc(C(=O)Nc2c[nH]c3ncc(Br)c(N4CCN(C(=O)CC5CCCC5)CC4)c23)c1. The standard InChI is InChI=1S/C25H29BrN6O2/c1-16-10-18(13-27-12-16)25(34)30-20-15-29-24-22(20)23(19(26)14-28-24)32-8-6-31(7-9-32)21(33)11-17-4-2-3-5-17/h10,12-15,17H,2-9,11H2,1H3,(H,28,29)(H,30,34). The Bertz CT molecular complexity index is 1210. The second-order valence-corrected chi connectivity index (χ2v) is 10.2. The molecule has 5 rings (SSSR count). The first-order valence-corrected chi connectivity index (χ1v) is 12.7. The molecule has 0 radical (unpaired) electrons. The number of aryl methyl sites for hydroxylation is 1. The third-order valence-electron chi connectivity index (χ3n) is 6.90. The molecule has 2 fully saturated rings. The Kier molecular flexibility index (Phi) is 6.54. The van der Waals surface area contributed by atoms with E-state index in [1.807, 2.05) is 17.9 Å². The van der Waals surface area contributed by atoms with Crippen LogP contribution in [0.1, 0.15) is 48.0 Å². The number of nitrogens with one attached hydrogen (secondary N) is 2. The van der Waals surface area contributed by atoms with Crippen molar-refractivity contribution in [3.05, 3.63) is 46.5 Å². The second-order valence-electron chi connectivity index (χ2n) is 9.31. The van der Waals surface area contributed by atoms with Crippen LogP contribution in [0.2, 0.25) is 0 Å². The lowest BCUT2D eigenvalue weighted by molar-refractivity contribution is -0.132. The van der Waals surface area contributed by atoms with Crippen LogP contribution in [0, 0.1) is 12.8 Å². The summed E-state index contributed by atoms with van der Waals surface area (Å²) in [6, 6.07) is 1.81. The highest BCUT2D eigenvalue weighted by molar-refractivity contribution is 9.10. The summed E-state index contributed by atoms with van der Waals surface area (Å²) >= 11 is 3.67. The first kappa shape index (κ1) is 22.8. The van der Waals surface area contributed by atoms with Crippen LogP contribution in [0.4, 0.5) is 11.4 Å². The highest BCUT2D eigenvalue weighted by atomic mass is 79.9. The summed E-state index contributed by atoms with van der Waals surface area (Å²) in [4.78, 5) is 41.8. The van der Waals surface area contributed by atoms with Crippen LogP contribution in [0.25, 0.3) is 11.0 Å². The summed E-state index contributed by atoms with van der Waals surface area (Å²) in [6.07, 6.45) is 12.4. The normalized spacial score (nSPS) is 16.9. The molecule has 1 saturated heterocycles. The molecule has 0 bridgehead atoms. The number of H-pyrrole nitrogens is 1. The van der Waals surface area contributed by atoms with Gasteiger partial charge in [0.2, 0.25) is 5.91 Å². The molecule has 3 aromatic rings. The molecule has 178 valence electrons. The molecule has 4 heterocycles. The number of rotatable bonds is 5. The van der Waals surface area contributed by atoms with Crippen molar-refractivity contribution in [2.45, 2.75) is 39.0 Å². The number of amides is 2. The summed E-state index contributed by atoms with van der Waals surface area (Å²) in [6.45, 7) is 4.77. The number of hydrogen-bond acceptors (Lipinski definition) is 5. The van der Waals surface area contributed by atoms with Gasteiger partial charge in [0.25, 0.3) is 5.91 Å². The Hall–Kier alpha value is -2.94. The fourth-order valence-corrected chi connectivity index (χ4v) is 5.66. The van der Waals surface area contributed by atoms with E-state index in [0.29, 0.717) is 42.3 Å². The Morgan fingerprint density at radius 3 is 2.65 bits per heavy atom. The van der Waals surface area contributed by atoms with Gasteiger partial charge in [0.1, 0.15) is 5.65 Å². The van der Waals surface area contributed by atoms with Gasteiger partial charge in [0.05, 0.1) is 26.8 Å². The molecule has 0 aromatic carbocycles. The summed E-state index contributed by atoms with van der Waals surface area (Å²) in [5.74, 6) is 0.631. The molecule has 1 aliphatic heterocycles. The summed E-state index contributed by atoms with van der Waals surface area (Å²) in [7, 11) is 0. The van der Waals surface area contributed by atoms with Crippen molar-refractivity contribution in [3.63, 3.8) is 0 Å². The predicted molar refractivity (Wildman–Crippen MR) is 136 cm³/mol. The van der Waals surface area contributed by atoms with E-state index in [-0.39, 0.29) is 11.8 Å². The van der Waals surface area contributed by atoms with Gasteiger partial charge in [-0.05, 0) is 53.2 Å². The molecule has 0 spiro atoms. The first-order valence-electron chi connectivity index (χ1n) is 11.9. The second kappa shape index (κ2) is 9.74. The number of carbonyl (C=O) groups is 2. The van der Waals surface area contributed by atoms with Crippen LogP contribution in [0.3, 0.4) is 0 Å². The monoisotopic (exact) mass is 524 g/mol. The van der Waals surface area contributed by atoms with Crippen molar-refractivity contribution in [3.8, 4) is 0 Å². The molecule has 0 unspecified atom stereocenters. The Morgan fingerprint density at radius 2 is 1.91 bits per heavy atom. The number of aromatic nitrogens is 3. The van der Waals surface area contributed by atoms with Crippen molar-refractivity contribution in [2.75, 3.05) is 36.4 Å². The number of nitrogens with zero attached hydrogens (tertiary/aromatic N) is 4. The molecule has 2 aliphatic rings. The van der Waals surface area contributed by atoms with Gasteiger partial charge in [0, 0.05) is 57.4 Å². The minimum absolute atomic E-state index is 0.217. The van der Waals surface area contributed by atoms with Gasteiger partial charge in [-0.3, -0.25) is 14.6 Å². The molecule has 0 atom stereocenters. The summed E-state index contributed by atoms with van der Waals surface area (Å²) < 4.78 is 0.859. The van der Waals surface area contributed by atoms with E-state index in [0.717, 1.165) is 34.2 Å². The van der Waals surface area contributed by atoms with Crippen molar-refractivity contribution in [1.82, 2.24) is 19.9 Å². The van der Waals surface area contributed by atoms with Crippen LogP contribution in [0.5, 0.6) is 0 Å². The zero-order chi connectivity index (χ0) is 23.7. The Morgan fingerprint density at radius 1 is 1.15 bits per heavy atom. The number of fused-ring (bicyclic) bond motifs is 1. The third kappa shape index (κ3) is 4.66. The number of aromatic amines is 1. The largest absolute Gasteiger partial charge is 0.366 e. The van der Waals surface area contributed by atoms with E-state index in [4.69, 9.17) is 0 Å². The molecule has 34 heavy (non-hydrogen) atoms. The number of halogens is 1. The van der Waals surface area contributed by atoms with Crippen molar-refractivity contribution < 1.29 is 9.59 Å². The molecular weight excluding hydrogens is 496 g/mol. The molecule has 2 N–H and O–H groups in total. The summed E-state index contributed by atoms with van der Waals surface area (Å²) in [5.41, 5.74) is 3.79. The third-order valence-corrected chi connectivity index (χ3v) is 7.48. The van der Waals surface area contributed by atoms with E-state index in [1.54, 1.807) is 24.8 Å². The Labute approximate surface area is 207 Å². The highest BCUT2D eigenvalue weighted by Gasteiger charge is 2.27. The van der Waals surface area contributed by atoms with Crippen LogP contribution >= 0.6 is 15.9 Å². The van der Waals surface area contributed by atoms with E-state index < -0.39 is 0 Å². The van der Waals surface area contributed by atoms with Gasteiger partial charge in [-0.25, -0.2) is 4.98 Å². The van der Waals surface area contributed by atoms with E-state index in [2.05, 4.69) is 41.1 Å². The van der Waals surface area contributed by atoms with Crippen molar-refractivity contribution in [1.29, 1.82) is 0 Å². The topological polar surface area (TPSA) is 94.2 Å². The van der Waals surface area contributed by atoms with Crippen LogP contribution < -0.4 is 10.2 Å².